The summed E-state index contributed by atoms with van der Waals surface area (Å²) >= 11 is 1.85. The Morgan fingerprint density at radius 3 is 2.50 bits per heavy atom. The van der Waals surface area contributed by atoms with E-state index in [1.54, 1.807) is 0 Å². The summed E-state index contributed by atoms with van der Waals surface area (Å²) in [5.41, 5.74) is 0. The molecule has 0 aromatic heterocycles. The van der Waals surface area contributed by atoms with Crippen LogP contribution in [0.5, 0.6) is 0 Å². The number of likely N-dealkylation sites (N-methyl/N-ethyl adjacent to an activating group) is 1. The van der Waals surface area contributed by atoms with Gasteiger partial charge in [-0.2, -0.15) is 11.8 Å². The maximum atomic E-state index is 11.6. The highest BCUT2D eigenvalue weighted by molar-refractivity contribution is 7.99. The molecule has 1 N–H and O–H groups in total. The minimum absolute atomic E-state index is 0.147. The lowest BCUT2D eigenvalue weighted by Gasteiger charge is -2.21. The standard InChI is InChI=1S/C13H28N2O2S/c1-5-15(6-2)10-9-14-12(13(16)17-4)8-11-18-7-3/h12,14H,5-11H2,1-4H3. The molecule has 0 aliphatic heterocycles. The van der Waals surface area contributed by atoms with E-state index in [9.17, 15) is 4.79 Å². The van der Waals surface area contributed by atoms with Crippen LogP contribution in [0.2, 0.25) is 0 Å². The van der Waals surface area contributed by atoms with Crippen LogP contribution in [-0.4, -0.2) is 61.7 Å². The van der Waals surface area contributed by atoms with Gasteiger partial charge in [0.1, 0.15) is 6.04 Å². The number of esters is 1. The maximum absolute atomic E-state index is 11.6. The molecule has 0 rings (SSSR count). The van der Waals surface area contributed by atoms with E-state index in [1.165, 1.54) is 7.11 Å². The summed E-state index contributed by atoms with van der Waals surface area (Å²) in [6.45, 7) is 10.3. The monoisotopic (exact) mass is 276 g/mol. The number of thioether (sulfide) groups is 1. The van der Waals surface area contributed by atoms with Gasteiger partial charge in [0.15, 0.2) is 0 Å². The van der Waals surface area contributed by atoms with Crippen LogP contribution in [0.4, 0.5) is 0 Å². The second-order valence-corrected chi connectivity index (χ2v) is 5.44. The fourth-order valence-corrected chi connectivity index (χ4v) is 2.42. The predicted molar refractivity (Wildman–Crippen MR) is 79.2 cm³/mol. The van der Waals surface area contributed by atoms with Crippen molar-refractivity contribution in [2.75, 3.05) is 44.8 Å². The van der Waals surface area contributed by atoms with Crippen molar-refractivity contribution in [3.63, 3.8) is 0 Å². The van der Waals surface area contributed by atoms with Crippen molar-refractivity contribution in [2.45, 2.75) is 33.2 Å². The van der Waals surface area contributed by atoms with Gasteiger partial charge in [0, 0.05) is 13.1 Å². The summed E-state index contributed by atoms with van der Waals surface area (Å²) in [6, 6.07) is -0.162. The van der Waals surface area contributed by atoms with Crippen molar-refractivity contribution in [3.05, 3.63) is 0 Å². The summed E-state index contributed by atoms with van der Waals surface area (Å²) in [7, 11) is 1.45. The van der Waals surface area contributed by atoms with Crippen LogP contribution in [-0.2, 0) is 9.53 Å². The molecule has 108 valence electrons. The molecule has 0 spiro atoms. The molecule has 5 heteroatoms. The fourth-order valence-electron chi connectivity index (χ4n) is 1.73. The van der Waals surface area contributed by atoms with Gasteiger partial charge in [-0.3, -0.25) is 4.79 Å². The fraction of sp³-hybridized carbons (Fsp3) is 0.923. The van der Waals surface area contributed by atoms with Crippen LogP contribution < -0.4 is 5.32 Å². The topological polar surface area (TPSA) is 41.6 Å². The van der Waals surface area contributed by atoms with Gasteiger partial charge in [-0.25, -0.2) is 0 Å². The summed E-state index contributed by atoms with van der Waals surface area (Å²) in [4.78, 5) is 13.9. The lowest BCUT2D eigenvalue weighted by atomic mass is 10.2. The van der Waals surface area contributed by atoms with Gasteiger partial charge in [-0.1, -0.05) is 20.8 Å². The van der Waals surface area contributed by atoms with E-state index >= 15 is 0 Å². The van der Waals surface area contributed by atoms with Gasteiger partial charge in [-0.15, -0.1) is 0 Å². The quantitative estimate of drug-likeness (QED) is 0.458. The summed E-state index contributed by atoms with van der Waals surface area (Å²) in [6.07, 6.45) is 0.837. The molecule has 0 aliphatic carbocycles. The number of ether oxygens (including phenoxy) is 1. The SMILES string of the molecule is CCSCCC(NCCN(CC)CC)C(=O)OC. The molecule has 0 aliphatic rings. The van der Waals surface area contributed by atoms with Gasteiger partial charge in [0.2, 0.25) is 0 Å². The molecular weight excluding hydrogens is 248 g/mol. The third kappa shape index (κ3) is 7.95. The first-order valence-corrected chi connectivity index (χ1v) is 7.96. The number of carbonyl (C=O) groups excluding carboxylic acids is 1. The summed E-state index contributed by atoms with van der Waals surface area (Å²) in [5.74, 6) is 1.94. The third-order valence-electron chi connectivity index (χ3n) is 2.95. The average molecular weight is 276 g/mol. The lowest BCUT2D eigenvalue weighted by Crippen LogP contribution is -2.42. The molecule has 0 saturated heterocycles. The first-order valence-electron chi connectivity index (χ1n) is 6.80. The Bertz CT molecular complexity index is 211. The number of hydrogen-bond acceptors (Lipinski definition) is 5. The lowest BCUT2D eigenvalue weighted by molar-refractivity contribution is -0.143. The zero-order valence-electron chi connectivity index (χ0n) is 12.2. The second-order valence-electron chi connectivity index (χ2n) is 4.04. The number of nitrogens with zero attached hydrogens (tertiary/aromatic N) is 1. The third-order valence-corrected chi connectivity index (χ3v) is 3.89. The Morgan fingerprint density at radius 2 is 2.00 bits per heavy atom. The van der Waals surface area contributed by atoms with Crippen LogP contribution in [0.25, 0.3) is 0 Å². The zero-order valence-corrected chi connectivity index (χ0v) is 13.0. The molecule has 1 unspecified atom stereocenters. The van der Waals surface area contributed by atoms with Crippen molar-refractivity contribution < 1.29 is 9.53 Å². The Hall–Kier alpha value is -0.260. The van der Waals surface area contributed by atoms with E-state index < -0.39 is 0 Å². The van der Waals surface area contributed by atoms with E-state index in [0.29, 0.717) is 0 Å². The molecule has 0 bridgehead atoms. The molecule has 0 radical (unpaired) electrons. The van der Waals surface area contributed by atoms with Crippen molar-refractivity contribution in [2.24, 2.45) is 0 Å². The number of carbonyl (C=O) groups is 1. The van der Waals surface area contributed by atoms with E-state index in [2.05, 4.69) is 31.0 Å². The normalized spacial score (nSPS) is 12.7. The molecule has 0 heterocycles. The first kappa shape index (κ1) is 17.7. The van der Waals surface area contributed by atoms with E-state index in [4.69, 9.17) is 4.74 Å². The highest BCUT2D eigenvalue weighted by atomic mass is 32.2. The van der Waals surface area contributed by atoms with E-state index in [-0.39, 0.29) is 12.0 Å². The molecular formula is C13H28N2O2S. The van der Waals surface area contributed by atoms with Gasteiger partial charge >= 0.3 is 5.97 Å². The summed E-state index contributed by atoms with van der Waals surface area (Å²) in [5, 5.41) is 3.30. The first-order chi connectivity index (χ1) is 8.69. The second kappa shape index (κ2) is 11.8. The van der Waals surface area contributed by atoms with Gasteiger partial charge in [-0.05, 0) is 31.0 Å². The van der Waals surface area contributed by atoms with Gasteiger partial charge in [0.05, 0.1) is 7.11 Å². The molecule has 0 aromatic rings. The van der Waals surface area contributed by atoms with E-state index in [1.807, 2.05) is 11.8 Å². The Balaban J connectivity index is 3.96. The molecule has 1 atom stereocenters. The number of nitrogens with one attached hydrogen (secondary N) is 1. The molecule has 18 heavy (non-hydrogen) atoms. The van der Waals surface area contributed by atoms with Crippen LogP contribution in [0.3, 0.4) is 0 Å². The van der Waals surface area contributed by atoms with Crippen LogP contribution in [0, 0.1) is 0 Å². The summed E-state index contributed by atoms with van der Waals surface area (Å²) < 4.78 is 4.83. The molecule has 0 fully saturated rings. The van der Waals surface area contributed by atoms with Gasteiger partial charge in [0.25, 0.3) is 0 Å². The van der Waals surface area contributed by atoms with Crippen molar-refractivity contribution >= 4 is 17.7 Å². The van der Waals surface area contributed by atoms with Crippen molar-refractivity contribution in [1.82, 2.24) is 10.2 Å². The van der Waals surface area contributed by atoms with Crippen molar-refractivity contribution in [1.29, 1.82) is 0 Å². The highest BCUT2D eigenvalue weighted by Gasteiger charge is 2.17. The largest absolute Gasteiger partial charge is 0.468 e. The van der Waals surface area contributed by atoms with E-state index in [0.717, 1.165) is 44.1 Å². The van der Waals surface area contributed by atoms with Crippen LogP contribution in [0.15, 0.2) is 0 Å². The smallest absolute Gasteiger partial charge is 0.322 e. The molecule has 4 nitrogen and oxygen atoms in total. The van der Waals surface area contributed by atoms with Crippen molar-refractivity contribution in [3.8, 4) is 0 Å². The Morgan fingerprint density at radius 1 is 1.33 bits per heavy atom. The number of hydrogen-bond donors (Lipinski definition) is 1. The van der Waals surface area contributed by atoms with Crippen LogP contribution in [0.1, 0.15) is 27.2 Å². The molecule has 0 amide bonds. The molecule has 0 aromatic carbocycles. The molecule has 0 saturated carbocycles. The van der Waals surface area contributed by atoms with Gasteiger partial charge < -0.3 is 15.0 Å². The van der Waals surface area contributed by atoms with Crippen LogP contribution >= 0.6 is 11.8 Å². The number of methoxy groups -OCH3 is 1. The predicted octanol–water partition coefficient (Wildman–Crippen LogP) is 1.60. The average Bonchev–Trinajstić information content (AvgIpc) is 2.41. The Kier molecular flexibility index (Phi) is 11.6. The minimum atomic E-state index is -0.162. The number of rotatable bonds is 11. The zero-order chi connectivity index (χ0) is 13.8. The highest BCUT2D eigenvalue weighted by Crippen LogP contribution is 2.05. The Labute approximate surface area is 116 Å². The minimum Gasteiger partial charge on any atom is -0.468 e. The maximum Gasteiger partial charge on any atom is 0.322 e.